The summed E-state index contributed by atoms with van der Waals surface area (Å²) in [7, 11) is 0. The van der Waals surface area contributed by atoms with Crippen LogP contribution in [-0.4, -0.2) is 24.9 Å². The van der Waals surface area contributed by atoms with Crippen LogP contribution >= 0.6 is 0 Å². The minimum atomic E-state index is -0.734. The third kappa shape index (κ3) is 3.90. The average Bonchev–Trinajstić information content (AvgIpc) is 2.97. The van der Waals surface area contributed by atoms with Crippen molar-refractivity contribution in [2.75, 3.05) is 13.1 Å². The Hall–Kier alpha value is -1.57. The van der Waals surface area contributed by atoms with E-state index in [1.54, 1.807) is 6.07 Å². The van der Waals surface area contributed by atoms with Crippen LogP contribution in [0.4, 0.5) is 0 Å². The Bertz CT molecular complexity index is 266. The SMILES string of the molecule is N#CCNC(=O)C(=O)NCCC1CC1. The normalized spacial score (nSPS) is 14.2. The third-order valence-corrected chi connectivity index (χ3v) is 2.07. The van der Waals surface area contributed by atoms with Crippen LogP contribution < -0.4 is 10.6 Å². The quantitative estimate of drug-likeness (QED) is 0.470. The van der Waals surface area contributed by atoms with Crippen molar-refractivity contribution in [2.45, 2.75) is 19.3 Å². The van der Waals surface area contributed by atoms with Gasteiger partial charge >= 0.3 is 11.8 Å². The van der Waals surface area contributed by atoms with Gasteiger partial charge in [-0.05, 0) is 12.3 Å². The van der Waals surface area contributed by atoms with E-state index in [9.17, 15) is 9.59 Å². The maximum Gasteiger partial charge on any atom is 0.310 e. The number of nitrogens with zero attached hydrogens (tertiary/aromatic N) is 1. The monoisotopic (exact) mass is 195 g/mol. The zero-order valence-corrected chi connectivity index (χ0v) is 7.88. The highest BCUT2D eigenvalue weighted by molar-refractivity contribution is 6.35. The van der Waals surface area contributed by atoms with Crippen molar-refractivity contribution >= 4 is 11.8 Å². The third-order valence-electron chi connectivity index (χ3n) is 2.07. The second-order valence-electron chi connectivity index (χ2n) is 3.33. The molecular formula is C9H13N3O2. The molecule has 1 rings (SSSR count). The fourth-order valence-electron chi connectivity index (χ4n) is 1.08. The average molecular weight is 195 g/mol. The number of hydrogen-bond acceptors (Lipinski definition) is 3. The molecule has 5 nitrogen and oxygen atoms in total. The molecule has 76 valence electrons. The van der Waals surface area contributed by atoms with Crippen molar-refractivity contribution in [3.05, 3.63) is 0 Å². The van der Waals surface area contributed by atoms with Crippen LogP contribution in [0.1, 0.15) is 19.3 Å². The number of rotatable bonds is 4. The van der Waals surface area contributed by atoms with Crippen LogP contribution in [0.3, 0.4) is 0 Å². The van der Waals surface area contributed by atoms with E-state index in [4.69, 9.17) is 5.26 Å². The van der Waals surface area contributed by atoms with Crippen molar-refractivity contribution in [1.82, 2.24) is 10.6 Å². The van der Waals surface area contributed by atoms with E-state index in [0.717, 1.165) is 12.3 Å². The van der Waals surface area contributed by atoms with E-state index < -0.39 is 11.8 Å². The molecule has 0 spiro atoms. The molecule has 0 heterocycles. The Morgan fingerprint density at radius 3 is 2.50 bits per heavy atom. The van der Waals surface area contributed by atoms with Gasteiger partial charge in [-0.25, -0.2) is 0 Å². The van der Waals surface area contributed by atoms with Gasteiger partial charge in [-0.1, -0.05) is 12.8 Å². The molecule has 0 aromatic rings. The fourth-order valence-corrected chi connectivity index (χ4v) is 1.08. The maximum atomic E-state index is 11.0. The highest BCUT2D eigenvalue weighted by Gasteiger charge is 2.21. The molecule has 2 amide bonds. The van der Waals surface area contributed by atoms with Gasteiger partial charge in [0.05, 0.1) is 6.07 Å². The summed E-state index contributed by atoms with van der Waals surface area (Å²) in [5.74, 6) is -0.652. The Labute approximate surface area is 82.5 Å². The molecule has 0 radical (unpaired) electrons. The van der Waals surface area contributed by atoms with E-state index in [1.165, 1.54) is 12.8 Å². The lowest BCUT2D eigenvalue weighted by molar-refractivity contribution is -0.139. The van der Waals surface area contributed by atoms with Crippen LogP contribution in [0, 0.1) is 17.2 Å². The van der Waals surface area contributed by atoms with Crippen LogP contribution in [-0.2, 0) is 9.59 Å². The van der Waals surface area contributed by atoms with Gasteiger partial charge in [0.1, 0.15) is 6.54 Å². The lowest BCUT2D eigenvalue weighted by Crippen LogP contribution is -2.40. The highest BCUT2D eigenvalue weighted by atomic mass is 16.2. The van der Waals surface area contributed by atoms with E-state index in [1.807, 2.05) is 0 Å². The number of amides is 2. The van der Waals surface area contributed by atoms with Crippen molar-refractivity contribution in [1.29, 1.82) is 5.26 Å². The summed E-state index contributed by atoms with van der Waals surface area (Å²) in [6.45, 7) is 0.415. The Kier molecular flexibility index (Phi) is 3.92. The molecule has 0 unspecified atom stereocenters. The summed E-state index contributed by atoms with van der Waals surface area (Å²) in [4.78, 5) is 21.9. The van der Waals surface area contributed by atoms with Gasteiger partial charge in [0, 0.05) is 6.54 Å². The number of carbonyl (C=O) groups is 2. The topological polar surface area (TPSA) is 82.0 Å². The van der Waals surface area contributed by atoms with Crippen molar-refractivity contribution in [2.24, 2.45) is 5.92 Å². The first-order chi connectivity index (χ1) is 6.74. The first-order valence-electron chi connectivity index (χ1n) is 4.67. The van der Waals surface area contributed by atoms with Gasteiger partial charge in [-0.2, -0.15) is 5.26 Å². The molecule has 5 heteroatoms. The number of hydrogen-bond donors (Lipinski definition) is 2. The second-order valence-corrected chi connectivity index (χ2v) is 3.33. The molecule has 0 saturated heterocycles. The number of carbonyl (C=O) groups excluding carboxylic acids is 2. The summed E-state index contributed by atoms with van der Waals surface area (Å²) in [6, 6.07) is 1.73. The zero-order valence-electron chi connectivity index (χ0n) is 7.88. The summed E-state index contributed by atoms with van der Waals surface area (Å²) in [5.41, 5.74) is 0. The van der Waals surface area contributed by atoms with Crippen LogP contribution in [0.2, 0.25) is 0 Å². The first kappa shape index (κ1) is 10.5. The lowest BCUT2D eigenvalue weighted by atomic mass is 10.3. The van der Waals surface area contributed by atoms with Crippen LogP contribution in [0.5, 0.6) is 0 Å². The molecule has 0 bridgehead atoms. The van der Waals surface area contributed by atoms with Gasteiger partial charge < -0.3 is 10.6 Å². The predicted octanol–water partition coefficient (Wildman–Crippen LogP) is -0.458. The first-order valence-corrected chi connectivity index (χ1v) is 4.67. The van der Waals surface area contributed by atoms with E-state index in [-0.39, 0.29) is 6.54 Å². The van der Waals surface area contributed by atoms with Gasteiger partial charge in [0.2, 0.25) is 0 Å². The minimum absolute atomic E-state index is 0.130. The molecule has 0 aliphatic heterocycles. The van der Waals surface area contributed by atoms with E-state index in [2.05, 4.69) is 10.6 Å². The number of nitriles is 1. The van der Waals surface area contributed by atoms with Crippen molar-refractivity contribution < 1.29 is 9.59 Å². The van der Waals surface area contributed by atoms with Gasteiger partial charge in [-0.15, -0.1) is 0 Å². The van der Waals surface area contributed by atoms with Gasteiger partial charge in [-0.3, -0.25) is 9.59 Å². The lowest BCUT2D eigenvalue weighted by Gasteiger charge is -2.02. The van der Waals surface area contributed by atoms with Gasteiger partial charge in [0.15, 0.2) is 0 Å². The number of nitrogens with one attached hydrogen (secondary N) is 2. The van der Waals surface area contributed by atoms with E-state index in [0.29, 0.717) is 6.54 Å². The highest BCUT2D eigenvalue weighted by Crippen LogP contribution is 2.31. The van der Waals surface area contributed by atoms with E-state index >= 15 is 0 Å². The molecule has 0 aromatic heterocycles. The Morgan fingerprint density at radius 2 is 1.93 bits per heavy atom. The fraction of sp³-hybridized carbons (Fsp3) is 0.667. The molecule has 14 heavy (non-hydrogen) atoms. The molecule has 1 aliphatic rings. The van der Waals surface area contributed by atoms with Crippen LogP contribution in [0.25, 0.3) is 0 Å². The minimum Gasteiger partial charge on any atom is -0.348 e. The summed E-state index contributed by atoms with van der Waals surface area (Å²) in [6.07, 6.45) is 3.41. The van der Waals surface area contributed by atoms with Gasteiger partial charge in [0.25, 0.3) is 0 Å². The molecule has 1 fully saturated rings. The molecular weight excluding hydrogens is 182 g/mol. The predicted molar refractivity (Wildman–Crippen MR) is 49.0 cm³/mol. The van der Waals surface area contributed by atoms with Crippen molar-refractivity contribution in [3.63, 3.8) is 0 Å². The smallest absolute Gasteiger partial charge is 0.310 e. The summed E-state index contributed by atoms with van der Waals surface area (Å²) >= 11 is 0. The Balaban J connectivity index is 2.06. The summed E-state index contributed by atoms with van der Waals surface area (Å²) < 4.78 is 0. The molecule has 1 saturated carbocycles. The second kappa shape index (κ2) is 5.22. The molecule has 2 N–H and O–H groups in total. The summed E-state index contributed by atoms with van der Waals surface area (Å²) in [5, 5.41) is 12.8. The maximum absolute atomic E-state index is 11.0. The molecule has 1 aliphatic carbocycles. The largest absolute Gasteiger partial charge is 0.348 e. The Morgan fingerprint density at radius 1 is 1.29 bits per heavy atom. The van der Waals surface area contributed by atoms with Crippen LogP contribution in [0.15, 0.2) is 0 Å². The molecule has 0 atom stereocenters. The molecule has 0 aromatic carbocycles. The zero-order chi connectivity index (χ0) is 10.4. The van der Waals surface area contributed by atoms with Crippen molar-refractivity contribution in [3.8, 4) is 6.07 Å². The standard InChI is InChI=1S/C9H13N3O2/c10-4-6-12-9(14)8(13)11-5-3-7-1-2-7/h7H,1-3,5-6H2,(H,11,13)(H,12,14).